The fraction of sp³-hybridized carbons (Fsp3) is 0.381. The number of hydrogen-bond donors (Lipinski definition) is 1. The molecule has 2 aliphatic rings. The van der Waals surface area contributed by atoms with Crippen molar-refractivity contribution in [3.63, 3.8) is 0 Å². The number of carbonyl (C=O) groups is 2. The first-order chi connectivity index (χ1) is 16.2. The molecule has 0 radical (unpaired) electrons. The van der Waals surface area contributed by atoms with Gasteiger partial charge in [-0.15, -0.1) is 13.2 Å². The largest absolute Gasteiger partial charge is 0.573 e. The molecule has 5 rings (SSSR count). The number of pyridine rings is 1. The van der Waals surface area contributed by atoms with E-state index < -0.39 is 18.2 Å². The number of hydrogen-bond acceptors (Lipinski definition) is 7. The maximum Gasteiger partial charge on any atom is 0.573 e. The zero-order valence-electron chi connectivity index (χ0n) is 17.7. The van der Waals surface area contributed by atoms with E-state index >= 15 is 0 Å². The minimum absolute atomic E-state index is 0.0857. The number of ether oxygens (including phenoxy) is 2. The Hall–Kier alpha value is -3.90. The maximum absolute atomic E-state index is 12.9. The Morgan fingerprint density at radius 1 is 1.00 bits per heavy atom. The van der Waals surface area contributed by atoms with Gasteiger partial charge in [-0.05, 0) is 30.3 Å². The molecule has 2 atom stereocenters. The number of alkyl halides is 3. The van der Waals surface area contributed by atoms with Crippen molar-refractivity contribution < 1.29 is 32.2 Å². The first kappa shape index (κ1) is 21.9. The fourth-order valence-electron chi connectivity index (χ4n) is 4.38. The lowest BCUT2D eigenvalue weighted by molar-refractivity contribution is -0.274. The number of nitrogens with zero attached hydrogens (tertiary/aromatic N) is 5. The number of H-pyrrole nitrogens is 1. The molecule has 2 aliphatic heterocycles. The van der Waals surface area contributed by atoms with Crippen LogP contribution in [0.3, 0.4) is 0 Å². The van der Waals surface area contributed by atoms with Gasteiger partial charge in [0.25, 0.3) is 5.91 Å². The van der Waals surface area contributed by atoms with Gasteiger partial charge in [0.2, 0.25) is 0 Å². The highest BCUT2D eigenvalue weighted by Gasteiger charge is 2.43. The number of halogens is 3. The van der Waals surface area contributed by atoms with Crippen molar-refractivity contribution in [3.8, 4) is 5.75 Å². The summed E-state index contributed by atoms with van der Waals surface area (Å²) in [4.78, 5) is 32.5. The second-order valence-electron chi connectivity index (χ2n) is 8.25. The Kier molecular flexibility index (Phi) is 5.46. The molecule has 34 heavy (non-hydrogen) atoms. The fourth-order valence-corrected chi connectivity index (χ4v) is 4.38. The first-order valence-corrected chi connectivity index (χ1v) is 10.5. The lowest BCUT2D eigenvalue weighted by Gasteiger charge is -2.21. The van der Waals surface area contributed by atoms with Crippen molar-refractivity contribution in [2.75, 3.05) is 26.2 Å². The quantitative estimate of drug-likeness (QED) is 0.616. The Balaban J connectivity index is 1.11. The average molecular weight is 476 g/mol. The van der Waals surface area contributed by atoms with E-state index in [1.165, 1.54) is 6.07 Å². The molecular formula is C21H19F3N6O4. The number of benzene rings is 1. The zero-order valence-corrected chi connectivity index (χ0v) is 17.7. The van der Waals surface area contributed by atoms with Crippen LogP contribution in [-0.4, -0.2) is 74.7 Å². The lowest BCUT2D eigenvalue weighted by Crippen LogP contribution is -2.35. The molecule has 2 amide bonds. The summed E-state index contributed by atoms with van der Waals surface area (Å²) in [6, 6.07) is 7.57. The summed E-state index contributed by atoms with van der Waals surface area (Å²) >= 11 is 0. The van der Waals surface area contributed by atoms with E-state index in [1.54, 1.807) is 28.0 Å². The van der Waals surface area contributed by atoms with Crippen molar-refractivity contribution >= 4 is 23.0 Å². The van der Waals surface area contributed by atoms with Gasteiger partial charge in [0.05, 0.1) is 11.9 Å². The number of aromatic nitrogens is 4. The predicted molar refractivity (Wildman–Crippen MR) is 109 cm³/mol. The van der Waals surface area contributed by atoms with E-state index in [0.717, 1.165) is 12.3 Å². The predicted octanol–water partition coefficient (Wildman–Crippen LogP) is 2.59. The van der Waals surface area contributed by atoms with Crippen LogP contribution in [-0.2, 0) is 11.3 Å². The van der Waals surface area contributed by atoms with Crippen LogP contribution in [0.1, 0.15) is 16.1 Å². The number of nitrogens with one attached hydrogen (secondary N) is 1. The molecule has 0 saturated carbocycles. The molecular weight excluding hydrogens is 457 g/mol. The SMILES string of the molecule is O=C(OCc1ccc(OC(F)(F)F)cn1)N1CC2CN(C(=O)c3ccc4n[nH]nc4c3)C[C@H]2C1. The molecule has 1 unspecified atom stereocenters. The molecule has 0 bridgehead atoms. The van der Waals surface area contributed by atoms with E-state index in [1.807, 2.05) is 0 Å². The van der Waals surface area contributed by atoms with Crippen molar-refractivity contribution in [1.29, 1.82) is 0 Å². The standard InChI is InChI=1S/C21H19F3N6O4/c22-21(23,24)34-16-3-2-15(25-6-16)11-33-20(32)30-9-13-7-29(8-14(13)10-30)19(31)12-1-4-17-18(5-12)27-28-26-17/h1-6,13-14H,7-11H2,(H,26,27,28)/t13-,14?/m0/s1. The Morgan fingerprint density at radius 3 is 2.38 bits per heavy atom. The van der Waals surface area contributed by atoms with Crippen molar-refractivity contribution in [1.82, 2.24) is 30.2 Å². The van der Waals surface area contributed by atoms with Crippen LogP contribution >= 0.6 is 0 Å². The van der Waals surface area contributed by atoms with Gasteiger partial charge in [0.15, 0.2) is 0 Å². The van der Waals surface area contributed by atoms with Crippen LogP contribution in [0.5, 0.6) is 5.75 Å². The van der Waals surface area contributed by atoms with Gasteiger partial charge in [0, 0.05) is 43.6 Å². The normalized spacial score (nSPS) is 20.0. The van der Waals surface area contributed by atoms with Crippen molar-refractivity contribution in [2.24, 2.45) is 11.8 Å². The Morgan fingerprint density at radius 2 is 1.71 bits per heavy atom. The van der Waals surface area contributed by atoms with Crippen LogP contribution in [0.4, 0.5) is 18.0 Å². The topological polar surface area (TPSA) is 114 Å². The number of carbonyl (C=O) groups excluding carboxylic acids is 2. The van der Waals surface area contributed by atoms with Gasteiger partial charge in [-0.25, -0.2) is 4.79 Å². The highest BCUT2D eigenvalue weighted by Crippen LogP contribution is 2.32. The highest BCUT2D eigenvalue weighted by atomic mass is 19.4. The molecule has 3 aromatic rings. The second-order valence-corrected chi connectivity index (χ2v) is 8.25. The van der Waals surface area contributed by atoms with Crippen LogP contribution in [0, 0.1) is 11.8 Å². The molecule has 13 heteroatoms. The van der Waals surface area contributed by atoms with Crippen LogP contribution < -0.4 is 4.74 Å². The molecule has 2 saturated heterocycles. The summed E-state index contributed by atoms with van der Waals surface area (Å²) in [5, 5.41) is 10.5. The smallest absolute Gasteiger partial charge is 0.443 e. The molecule has 2 aromatic heterocycles. The van der Waals surface area contributed by atoms with E-state index in [0.29, 0.717) is 48.5 Å². The highest BCUT2D eigenvalue weighted by molar-refractivity contribution is 5.97. The monoisotopic (exact) mass is 476 g/mol. The summed E-state index contributed by atoms with van der Waals surface area (Å²) in [7, 11) is 0. The summed E-state index contributed by atoms with van der Waals surface area (Å²) in [6.45, 7) is 1.81. The summed E-state index contributed by atoms with van der Waals surface area (Å²) in [5.41, 5.74) is 2.14. The molecule has 10 nitrogen and oxygen atoms in total. The summed E-state index contributed by atoms with van der Waals surface area (Å²) in [6.07, 6.45) is -4.40. The second kappa shape index (κ2) is 8.47. The van der Waals surface area contributed by atoms with Crippen molar-refractivity contribution in [3.05, 3.63) is 47.8 Å². The van der Waals surface area contributed by atoms with Crippen LogP contribution in [0.25, 0.3) is 11.0 Å². The lowest BCUT2D eigenvalue weighted by atomic mass is 10.0. The first-order valence-electron chi connectivity index (χ1n) is 10.5. The number of rotatable bonds is 4. The van der Waals surface area contributed by atoms with Gasteiger partial charge < -0.3 is 19.3 Å². The van der Waals surface area contributed by atoms with Gasteiger partial charge in [-0.1, -0.05) is 0 Å². The molecule has 0 spiro atoms. The minimum atomic E-state index is -4.80. The number of amides is 2. The van der Waals surface area contributed by atoms with E-state index in [-0.39, 0.29) is 24.3 Å². The number of likely N-dealkylation sites (tertiary alicyclic amines) is 2. The maximum atomic E-state index is 12.9. The van der Waals surface area contributed by atoms with Gasteiger partial charge in [-0.3, -0.25) is 9.78 Å². The Bertz CT molecular complexity index is 1200. The summed E-state index contributed by atoms with van der Waals surface area (Å²) in [5.74, 6) is -0.249. The number of fused-ring (bicyclic) bond motifs is 2. The van der Waals surface area contributed by atoms with Crippen LogP contribution in [0.15, 0.2) is 36.5 Å². The van der Waals surface area contributed by atoms with Crippen molar-refractivity contribution in [2.45, 2.75) is 13.0 Å². The molecule has 0 aliphatic carbocycles. The van der Waals surface area contributed by atoms with Gasteiger partial charge in [-0.2, -0.15) is 15.4 Å². The molecule has 2 fully saturated rings. The third kappa shape index (κ3) is 4.58. The molecule has 1 aromatic carbocycles. The van der Waals surface area contributed by atoms with E-state index in [9.17, 15) is 22.8 Å². The van der Waals surface area contributed by atoms with Crippen LogP contribution in [0.2, 0.25) is 0 Å². The molecule has 4 heterocycles. The summed E-state index contributed by atoms with van der Waals surface area (Å²) < 4.78 is 45.7. The Labute approximate surface area is 190 Å². The third-order valence-electron chi connectivity index (χ3n) is 5.97. The molecule has 1 N–H and O–H groups in total. The average Bonchev–Trinajstić information content (AvgIpc) is 3.51. The third-order valence-corrected chi connectivity index (χ3v) is 5.97. The van der Waals surface area contributed by atoms with Gasteiger partial charge >= 0.3 is 12.5 Å². The molecule has 178 valence electrons. The van der Waals surface area contributed by atoms with E-state index in [2.05, 4.69) is 25.1 Å². The zero-order chi connectivity index (χ0) is 23.9. The number of aromatic amines is 1. The van der Waals surface area contributed by atoms with E-state index in [4.69, 9.17) is 4.74 Å². The van der Waals surface area contributed by atoms with Gasteiger partial charge in [0.1, 0.15) is 23.4 Å². The minimum Gasteiger partial charge on any atom is -0.443 e.